The summed E-state index contributed by atoms with van der Waals surface area (Å²) in [5.41, 5.74) is 7.97. The Bertz CT molecular complexity index is 1470. The molecule has 5 rings (SSSR count). The van der Waals surface area contributed by atoms with Crippen LogP contribution in [0.1, 0.15) is 36.0 Å². The summed E-state index contributed by atoms with van der Waals surface area (Å²) in [5.74, 6) is -7.48. The minimum absolute atomic E-state index is 0.00418. The first-order valence-electron chi connectivity index (χ1n) is 13.3. The highest BCUT2D eigenvalue weighted by Crippen LogP contribution is 2.54. The molecule has 0 saturated heterocycles. The van der Waals surface area contributed by atoms with Gasteiger partial charge >= 0.3 is 0 Å². The molecule has 0 bridgehead atoms. The lowest BCUT2D eigenvalue weighted by Gasteiger charge is -2.50. The number of nitrogens with zero attached hydrogens (tertiary/aromatic N) is 2. The summed E-state index contributed by atoms with van der Waals surface area (Å²) in [7, 11) is 6.63. The number of hydrogen-bond acceptors (Lipinski definition) is 11. The normalized spacial score (nSPS) is 28.2. The minimum atomic E-state index is -2.71. The number of amides is 2. The van der Waals surface area contributed by atoms with Crippen LogP contribution in [0.15, 0.2) is 23.0 Å². The molecule has 0 heterocycles. The highest BCUT2D eigenvalue weighted by molar-refractivity contribution is 6.24. The molecule has 4 aliphatic carbocycles. The summed E-state index contributed by atoms with van der Waals surface area (Å²) in [5, 5.41) is 48.3. The number of benzene rings is 1. The quantitative estimate of drug-likeness (QED) is 0.209. The highest BCUT2D eigenvalue weighted by Gasteiger charge is 2.64. The number of likely N-dealkylation sites (N-methyl/N-ethyl adjacent to an activating group) is 1. The molecule has 0 spiro atoms. The van der Waals surface area contributed by atoms with Crippen molar-refractivity contribution in [2.45, 2.75) is 49.4 Å². The number of carbonyl (C=O) groups excluding carboxylic acids is 4. The molecule has 2 fully saturated rings. The van der Waals surface area contributed by atoms with E-state index in [0.29, 0.717) is 24.1 Å². The lowest BCUT2D eigenvalue weighted by molar-refractivity contribution is -0.153. The van der Waals surface area contributed by atoms with Gasteiger partial charge in [-0.2, -0.15) is 0 Å². The van der Waals surface area contributed by atoms with Crippen molar-refractivity contribution >= 4 is 34.8 Å². The average Bonchev–Trinajstić information content (AvgIpc) is 3.63. The van der Waals surface area contributed by atoms with E-state index >= 15 is 0 Å². The summed E-state index contributed by atoms with van der Waals surface area (Å²) >= 11 is 0. The summed E-state index contributed by atoms with van der Waals surface area (Å²) in [6.07, 6.45) is 1.26. The van der Waals surface area contributed by atoms with E-state index in [1.54, 1.807) is 39.2 Å². The van der Waals surface area contributed by atoms with E-state index < -0.39 is 63.6 Å². The fourth-order valence-electron chi connectivity index (χ4n) is 6.59. The molecule has 13 nitrogen and oxygen atoms in total. The van der Waals surface area contributed by atoms with Crippen LogP contribution in [0.25, 0.3) is 5.76 Å². The van der Waals surface area contributed by atoms with Crippen molar-refractivity contribution in [2.75, 3.05) is 33.1 Å². The van der Waals surface area contributed by atoms with Crippen molar-refractivity contribution in [3.63, 3.8) is 0 Å². The third kappa shape index (κ3) is 4.02. The van der Waals surface area contributed by atoms with Gasteiger partial charge in [0.2, 0.25) is 11.7 Å². The van der Waals surface area contributed by atoms with Gasteiger partial charge in [0.1, 0.15) is 22.8 Å². The third-order valence-electron chi connectivity index (χ3n) is 8.94. The molecule has 0 radical (unpaired) electrons. The Hall–Kier alpha value is -3.94. The van der Waals surface area contributed by atoms with Gasteiger partial charge in [-0.1, -0.05) is 0 Å². The van der Waals surface area contributed by atoms with Gasteiger partial charge in [-0.05, 0) is 57.3 Å². The number of carbonyl (C=O) groups is 4. The molecular formula is C28H35N5O8. The number of aliphatic hydroxyl groups is 3. The molecule has 41 heavy (non-hydrogen) atoms. The Labute approximate surface area is 236 Å². The molecule has 9 N–H and O–H groups in total. The molecule has 4 atom stereocenters. The number of primary amides is 1. The standard InChI is InChI=1S/C28H35N5O8/c1-32(2)15-9-12(10-31-26(40)27(30)5-6-27)20(34)17-13(15)7-11-8-14-19(33(3)4)22(36)18(25(29)39)24(38)28(14,41)23(37)16(11)21(17)35/h9,11,14,19,34-35,38,41H,5-8,10,30H2,1-4H3,(H2,29,39)(H,31,40)/t11-,14-,19+,28-/m0/s1. The Morgan fingerprint density at radius 2 is 1.76 bits per heavy atom. The maximum atomic E-state index is 14.0. The number of phenolic OH excluding ortho intramolecular Hbond substituents is 1. The Morgan fingerprint density at radius 3 is 2.29 bits per heavy atom. The predicted molar refractivity (Wildman–Crippen MR) is 147 cm³/mol. The van der Waals surface area contributed by atoms with Crippen LogP contribution in [0, 0.1) is 11.8 Å². The second kappa shape index (κ2) is 9.29. The average molecular weight is 570 g/mol. The van der Waals surface area contributed by atoms with Crippen LogP contribution in [-0.2, 0) is 32.1 Å². The second-order valence-corrected chi connectivity index (χ2v) is 12.0. The van der Waals surface area contributed by atoms with Crippen LogP contribution in [-0.4, -0.2) is 94.1 Å². The van der Waals surface area contributed by atoms with Gasteiger partial charge in [0.05, 0.1) is 17.1 Å². The number of ketones is 2. The van der Waals surface area contributed by atoms with Crippen LogP contribution in [0.2, 0.25) is 0 Å². The number of fused-ring (bicyclic) bond motifs is 3. The zero-order valence-corrected chi connectivity index (χ0v) is 23.3. The molecular weight excluding hydrogens is 534 g/mol. The number of phenols is 1. The van der Waals surface area contributed by atoms with E-state index in [9.17, 15) is 39.6 Å². The SMILES string of the molecule is CN(C)c1cc(CNC(=O)C2(N)CC2)c(O)c2c1C[C@H]1C[C@H]3[C@@H](N(C)C)C(=O)C(C(N)=O)=C(O)[C@@]3(O)C(=O)C1=C2O. The van der Waals surface area contributed by atoms with E-state index in [1.165, 1.54) is 4.90 Å². The zero-order valence-electron chi connectivity index (χ0n) is 23.3. The Kier molecular flexibility index (Phi) is 6.48. The third-order valence-corrected chi connectivity index (χ3v) is 8.94. The van der Waals surface area contributed by atoms with Gasteiger partial charge in [0.15, 0.2) is 11.4 Å². The van der Waals surface area contributed by atoms with E-state index in [-0.39, 0.29) is 47.7 Å². The molecule has 0 aromatic heterocycles. The first-order valence-corrected chi connectivity index (χ1v) is 13.3. The lowest BCUT2D eigenvalue weighted by Crippen LogP contribution is -2.65. The van der Waals surface area contributed by atoms with Crippen molar-refractivity contribution in [1.29, 1.82) is 0 Å². The number of nitrogens with two attached hydrogens (primary N) is 2. The molecule has 2 amide bonds. The smallest absolute Gasteiger partial charge is 0.255 e. The van der Waals surface area contributed by atoms with E-state index in [1.807, 2.05) is 0 Å². The van der Waals surface area contributed by atoms with Crippen molar-refractivity contribution < 1.29 is 39.6 Å². The summed E-state index contributed by atoms with van der Waals surface area (Å²) in [6.45, 7) is -0.0954. The number of hydrogen-bond donors (Lipinski definition) is 7. The van der Waals surface area contributed by atoms with Crippen LogP contribution >= 0.6 is 0 Å². The van der Waals surface area contributed by atoms with Gasteiger partial charge in [-0.15, -0.1) is 0 Å². The maximum Gasteiger partial charge on any atom is 0.255 e. The second-order valence-electron chi connectivity index (χ2n) is 12.0. The van der Waals surface area contributed by atoms with Gasteiger partial charge in [-0.25, -0.2) is 0 Å². The molecule has 1 aromatic carbocycles. The summed E-state index contributed by atoms with van der Waals surface area (Å²) in [4.78, 5) is 55.1. The van der Waals surface area contributed by atoms with Crippen LogP contribution in [0.4, 0.5) is 5.69 Å². The van der Waals surface area contributed by atoms with Crippen molar-refractivity contribution in [2.24, 2.45) is 23.3 Å². The maximum absolute atomic E-state index is 14.0. The van der Waals surface area contributed by atoms with E-state index in [0.717, 1.165) is 0 Å². The molecule has 0 aliphatic heterocycles. The van der Waals surface area contributed by atoms with Gasteiger partial charge < -0.3 is 42.1 Å². The summed E-state index contributed by atoms with van der Waals surface area (Å²) < 4.78 is 0. The van der Waals surface area contributed by atoms with Crippen LogP contribution < -0.4 is 21.7 Å². The molecule has 0 unspecified atom stereocenters. The number of nitrogens with one attached hydrogen (secondary N) is 1. The zero-order chi connectivity index (χ0) is 30.3. The van der Waals surface area contributed by atoms with Crippen molar-refractivity contribution in [3.8, 4) is 5.75 Å². The number of anilines is 1. The molecule has 220 valence electrons. The molecule has 13 heteroatoms. The Morgan fingerprint density at radius 1 is 1.12 bits per heavy atom. The first-order chi connectivity index (χ1) is 19.1. The van der Waals surface area contributed by atoms with Gasteiger partial charge in [-0.3, -0.25) is 24.1 Å². The van der Waals surface area contributed by atoms with E-state index in [2.05, 4.69) is 5.32 Å². The fourth-order valence-corrected chi connectivity index (χ4v) is 6.59. The molecule has 1 aromatic rings. The fraction of sp³-hybridized carbons (Fsp3) is 0.500. The number of rotatable bonds is 6. The Balaban J connectivity index is 1.66. The first kappa shape index (κ1) is 28.6. The minimum Gasteiger partial charge on any atom is -0.508 e. The summed E-state index contributed by atoms with van der Waals surface area (Å²) in [6, 6.07) is 0.530. The van der Waals surface area contributed by atoms with Crippen LogP contribution in [0.5, 0.6) is 5.75 Å². The highest BCUT2D eigenvalue weighted by atomic mass is 16.3. The van der Waals surface area contributed by atoms with E-state index in [4.69, 9.17) is 11.5 Å². The molecule has 2 saturated carbocycles. The number of Topliss-reactive ketones (excluding diaryl/α,β-unsaturated/α-hetero) is 2. The van der Waals surface area contributed by atoms with Crippen molar-refractivity contribution in [1.82, 2.24) is 10.2 Å². The monoisotopic (exact) mass is 569 g/mol. The number of aromatic hydroxyl groups is 1. The van der Waals surface area contributed by atoms with Crippen LogP contribution in [0.3, 0.4) is 0 Å². The molecule has 4 aliphatic rings. The number of aliphatic hydroxyl groups excluding tert-OH is 2. The lowest BCUT2D eigenvalue weighted by atomic mass is 9.57. The van der Waals surface area contributed by atoms with Gasteiger partial charge in [0.25, 0.3) is 5.91 Å². The van der Waals surface area contributed by atoms with Crippen molar-refractivity contribution in [3.05, 3.63) is 39.7 Å². The van der Waals surface area contributed by atoms with Gasteiger partial charge in [0, 0.05) is 43.4 Å². The largest absolute Gasteiger partial charge is 0.508 e. The topological polar surface area (TPSA) is 220 Å². The predicted octanol–water partition coefficient (Wildman–Crippen LogP) is -0.862.